The molecule has 14 heavy (non-hydrogen) atoms. The van der Waals surface area contributed by atoms with E-state index in [0.29, 0.717) is 11.1 Å². The lowest BCUT2D eigenvalue weighted by atomic mass is 10.1. The van der Waals surface area contributed by atoms with Gasteiger partial charge in [-0.2, -0.15) is 0 Å². The Balaban J connectivity index is 2.83. The minimum absolute atomic E-state index is 0.127. The number of aliphatic hydroxyl groups excluding tert-OH is 3. The van der Waals surface area contributed by atoms with Crippen LogP contribution in [0.4, 0.5) is 0 Å². The molecule has 0 radical (unpaired) electrons. The van der Waals surface area contributed by atoms with E-state index in [1.807, 2.05) is 0 Å². The highest BCUT2D eigenvalue weighted by molar-refractivity contribution is 9.09. The summed E-state index contributed by atoms with van der Waals surface area (Å²) in [5.74, 6) is 0. The molecule has 78 valence electrons. The molecule has 0 aliphatic rings. The maximum Gasteiger partial charge on any atom is 0.107 e. The number of alkyl halides is 1. The van der Waals surface area contributed by atoms with Crippen LogP contribution in [0, 0.1) is 0 Å². The highest BCUT2D eigenvalue weighted by Gasteiger charge is 2.17. The van der Waals surface area contributed by atoms with E-state index in [0.717, 1.165) is 0 Å². The van der Waals surface area contributed by atoms with Crippen LogP contribution in [0.2, 0.25) is 0 Å². The molecule has 0 fully saturated rings. The first-order valence-corrected chi connectivity index (χ1v) is 5.28. The van der Waals surface area contributed by atoms with Crippen molar-refractivity contribution in [1.29, 1.82) is 0 Å². The van der Waals surface area contributed by atoms with Crippen LogP contribution in [0.25, 0.3) is 0 Å². The average molecular weight is 262 g/mol. The Morgan fingerprint density at radius 3 is 2.64 bits per heavy atom. The average Bonchev–Trinajstić information content (AvgIpc) is 2.27. The maximum absolute atomic E-state index is 9.61. The smallest absolute Gasteiger partial charge is 0.107 e. The molecule has 1 aromatic rings. The monoisotopic (exact) mass is 261 g/mol. The summed E-state index contributed by atoms with van der Waals surface area (Å²) in [6, 6.07) is 1.61. The summed E-state index contributed by atoms with van der Waals surface area (Å²) < 4.78 is 0. The van der Waals surface area contributed by atoms with Crippen LogP contribution < -0.4 is 0 Å². The topological polar surface area (TPSA) is 73.6 Å². The lowest BCUT2D eigenvalue weighted by Gasteiger charge is -2.15. The van der Waals surface area contributed by atoms with Gasteiger partial charge in [0, 0.05) is 23.3 Å². The van der Waals surface area contributed by atoms with E-state index >= 15 is 0 Å². The first-order valence-electron chi connectivity index (χ1n) is 4.15. The van der Waals surface area contributed by atoms with Crippen LogP contribution in [-0.2, 0) is 6.61 Å². The minimum Gasteiger partial charge on any atom is -0.392 e. The predicted molar refractivity (Wildman–Crippen MR) is 54.9 cm³/mol. The number of hydrogen-bond donors (Lipinski definition) is 3. The summed E-state index contributed by atoms with van der Waals surface area (Å²) in [5.41, 5.74) is 1.12. The summed E-state index contributed by atoms with van der Waals surface area (Å²) in [6.07, 6.45) is 1.13. The summed E-state index contributed by atoms with van der Waals surface area (Å²) in [6.45, 7) is -0.127. The van der Waals surface area contributed by atoms with Gasteiger partial charge < -0.3 is 15.3 Å². The molecule has 3 N–H and O–H groups in total. The van der Waals surface area contributed by atoms with Crippen LogP contribution in [-0.4, -0.2) is 31.7 Å². The van der Waals surface area contributed by atoms with Gasteiger partial charge in [0.2, 0.25) is 0 Å². The molecule has 0 saturated heterocycles. The van der Waals surface area contributed by atoms with Crippen molar-refractivity contribution >= 4 is 15.9 Å². The molecule has 0 aliphatic heterocycles. The molecule has 4 nitrogen and oxygen atoms in total. The molecule has 1 rings (SSSR count). The minimum atomic E-state index is -0.978. The predicted octanol–water partition coefficient (Wildman–Crippen LogP) is 0.363. The van der Waals surface area contributed by atoms with E-state index in [1.165, 1.54) is 12.4 Å². The lowest BCUT2D eigenvalue weighted by Crippen LogP contribution is -2.19. The van der Waals surface area contributed by atoms with E-state index in [2.05, 4.69) is 20.9 Å². The number of aromatic nitrogens is 1. The second-order valence-electron chi connectivity index (χ2n) is 2.95. The van der Waals surface area contributed by atoms with E-state index in [4.69, 9.17) is 5.11 Å². The molecule has 0 bridgehead atoms. The van der Waals surface area contributed by atoms with Gasteiger partial charge in [0.15, 0.2) is 0 Å². The Kier molecular flexibility index (Phi) is 4.47. The van der Waals surface area contributed by atoms with Gasteiger partial charge in [0.1, 0.15) is 6.10 Å². The van der Waals surface area contributed by atoms with Crippen molar-refractivity contribution in [3.8, 4) is 0 Å². The summed E-state index contributed by atoms with van der Waals surface area (Å²) in [5, 5.41) is 28.1. The lowest BCUT2D eigenvalue weighted by molar-refractivity contribution is 0.0339. The van der Waals surface area contributed by atoms with Crippen LogP contribution in [0.5, 0.6) is 0 Å². The Morgan fingerprint density at radius 2 is 2.07 bits per heavy atom. The van der Waals surface area contributed by atoms with Gasteiger partial charge in [0.25, 0.3) is 0 Å². The van der Waals surface area contributed by atoms with Crippen LogP contribution >= 0.6 is 15.9 Å². The molecule has 0 amide bonds. The number of hydrogen-bond acceptors (Lipinski definition) is 4. The van der Waals surface area contributed by atoms with Gasteiger partial charge in [-0.3, -0.25) is 4.98 Å². The van der Waals surface area contributed by atoms with Gasteiger partial charge in [-0.15, -0.1) is 0 Å². The summed E-state index contributed by atoms with van der Waals surface area (Å²) >= 11 is 3.07. The molecule has 2 atom stereocenters. The third-order valence-electron chi connectivity index (χ3n) is 1.86. The Bertz CT molecular complexity index is 295. The molecular formula is C9H12BrNO3. The van der Waals surface area contributed by atoms with E-state index < -0.39 is 12.2 Å². The molecule has 2 unspecified atom stereocenters. The molecule has 1 aromatic heterocycles. The Labute approximate surface area is 90.4 Å². The normalized spacial score (nSPS) is 15.1. The zero-order chi connectivity index (χ0) is 10.6. The van der Waals surface area contributed by atoms with Gasteiger partial charge in [-0.25, -0.2) is 0 Å². The fourth-order valence-corrected chi connectivity index (χ4v) is 1.42. The highest BCUT2D eigenvalue weighted by atomic mass is 79.9. The second kappa shape index (κ2) is 5.41. The molecule has 0 saturated carbocycles. The van der Waals surface area contributed by atoms with Gasteiger partial charge >= 0.3 is 0 Å². The van der Waals surface area contributed by atoms with Gasteiger partial charge in [-0.1, -0.05) is 15.9 Å². The quantitative estimate of drug-likeness (QED) is 0.685. The summed E-state index contributed by atoms with van der Waals surface area (Å²) in [7, 11) is 0. The molecule has 0 aliphatic carbocycles. The van der Waals surface area contributed by atoms with Crippen molar-refractivity contribution in [2.45, 2.75) is 18.8 Å². The van der Waals surface area contributed by atoms with Crippen LogP contribution in [0.1, 0.15) is 17.2 Å². The molecular weight excluding hydrogens is 250 g/mol. The number of pyridine rings is 1. The number of aliphatic hydroxyl groups is 3. The third kappa shape index (κ3) is 2.75. The second-order valence-corrected chi connectivity index (χ2v) is 3.60. The van der Waals surface area contributed by atoms with Crippen molar-refractivity contribution in [2.24, 2.45) is 0 Å². The van der Waals surface area contributed by atoms with Crippen molar-refractivity contribution in [2.75, 3.05) is 5.33 Å². The van der Waals surface area contributed by atoms with E-state index in [9.17, 15) is 10.2 Å². The standard InChI is InChI=1S/C9H12BrNO3/c10-2-8(13)9(14)7-1-6(5-12)3-11-4-7/h1,3-4,8-9,12-14H,2,5H2. The molecule has 1 heterocycles. The Morgan fingerprint density at radius 1 is 1.36 bits per heavy atom. The van der Waals surface area contributed by atoms with Gasteiger partial charge in [0.05, 0.1) is 12.7 Å². The zero-order valence-corrected chi connectivity index (χ0v) is 9.05. The molecule has 0 aromatic carbocycles. The van der Waals surface area contributed by atoms with E-state index in [1.54, 1.807) is 6.07 Å². The van der Waals surface area contributed by atoms with E-state index in [-0.39, 0.29) is 11.9 Å². The van der Waals surface area contributed by atoms with Crippen molar-refractivity contribution in [1.82, 2.24) is 4.98 Å². The number of halogens is 1. The van der Waals surface area contributed by atoms with Crippen molar-refractivity contribution < 1.29 is 15.3 Å². The fourth-order valence-electron chi connectivity index (χ4n) is 1.06. The zero-order valence-electron chi connectivity index (χ0n) is 7.47. The Hall–Kier alpha value is -0.490. The highest BCUT2D eigenvalue weighted by Crippen LogP contribution is 2.18. The first-order chi connectivity index (χ1) is 6.69. The van der Waals surface area contributed by atoms with Gasteiger partial charge in [-0.05, 0) is 11.6 Å². The van der Waals surface area contributed by atoms with Crippen LogP contribution in [0.3, 0.4) is 0 Å². The van der Waals surface area contributed by atoms with Crippen molar-refractivity contribution in [3.05, 3.63) is 29.6 Å². The third-order valence-corrected chi connectivity index (χ3v) is 2.53. The molecule has 0 spiro atoms. The largest absolute Gasteiger partial charge is 0.392 e. The SMILES string of the molecule is OCc1cncc(C(O)C(O)CBr)c1. The van der Waals surface area contributed by atoms with Crippen LogP contribution in [0.15, 0.2) is 18.5 Å². The molecule has 5 heteroatoms. The van der Waals surface area contributed by atoms with Crippen molar-refractivity contribution in [3.63, 3.8) is 0 Å². The fraction of sp³-hybridized carbons (Fsp3) is 0.444. The first kappa shape index (κ1) is 11.6. The number of rotatable bonds is 4. The summed E-state index contributed by atoms with van der Waals surface area (Å²) in [4.78, 5) is 3.85. The number of nitrogens with zero attached hydrogens (tertiary/aromatic N) is 1. The maximum atomic E-state index is 9.61.